The molecule has 0 spiro atoms. The third-order valence-corrected chi connectivity index (χ3v) is 3.83. The second-order valence-electron chi connectivity index (χ2n) is 5.85. The van der Waals surface area contributed by atoms with E-state index in [1.807, 2.05) is 12.1 Å². The van der Waals surface area contributed by atoms with Gasteiger partial charge in [-0.15, -0.1) is 0 Å². The van der Waals surface area contributed by atoms with Crippen molar-refractivity contribution in [3.63, 3.8) is 0 Å². The Bertz CT molecular complexity index is 554. The SMILES string of the molecule is COC(=O)CCCC(=O)c1ccc2c(c1)NCC(C(C)C)O2. The Morgan fingerprint density at radius 1 is 1.36 bits per heavy atom. The van der Waals surface area contributed by atoms with Crippen LogP contribution in [0.2, 0.25) is 0 Å². The van der Waals surface area contributed by atoms with Gasteiger partial charge in [0.2, 0.25) is 0 Å². The molecule has 0 fully saturated rings. The van der Waals surface area contributed by atoms with Crippen molar-refractivity contribution in [1.29, 1.82) is 0 Å². The third-order valence-electron chi connectivity index (χ3n) is 3.83. The molecule has 0 aromatic heterocycles. The molecule has 1 atom stereocenters. The van der Waals surface area contributed by atoms with Gasteiger partial charge >= 0.3 is 5.97 Å². The summed E-state index contributed by atoms with van der Waals surface area (Å²) in [4.78, 5) is 23.2. The number of nitrogens with one attached hydrogen (secondary N) is 1. The van der Waals surface area contributed by atoms with Gasteiger partial charge in [0.15, 0.2) is 5.78 Å². The highest BCUT2D eigenvalue weighted by Crippen LogP contribution is 2.32. The van der Waals surface area contributed by atoms with Crippen LogP contribution in [-0.2, 0) is 9.53 Å². The molecule has 0 bridgehead atoms. The van der Waals surface area contributed by atoms with Gasteiger partial charge < -0.3 is 14.8 Å². The Hall–Kier alpha value is -2.04. The summed E-state index contributed by atoms with van der Waals surface area (Å²) < 4.78 is 10.5. The summed E-state index contributed by atoms with van der Waals surface area (Å²) in [6.07, 6.45) is 1.25. The van der Waals surface area contributed by atoms with Gasteiger partial charge in [-0.05, 0) is 30.5 Å². The standard InChI is InChI=1S/C17H23NO4/c1-11(2)16-10-18-13-9-12(7-8-15(13)22-16)14(19)5-4-6-17(20)21-3/h7-9,11,16,18H,4-6,10H2,1-3H3. The van der Waals surface area contributed by atoms with Crippen LogP contribution in [0.4, 0.5) is 5.69 Å². The van der Waals surface area contributed by atoms with Crippen LogP contribution in [0.5, 0.6) is 5.75 Å². The van der Waals surface area contributed by atoms with Crippen molar-refractivity contribution >= 4 is 17.4 Å². The lowest BCUT2D eigenvalue weighted by molar-refractivity contribution is -0.140. The van der Waals surface area contributed by atoms with Crippen molar-refractivity contribution in [3.8, 4) is 5.75 Å². The van der Waals surface area contributed by atoms with Crippen LogP contribution in [0.3, 0.4) is 0 Å². The lowest BCUT2D eigenvalue weighted by Crippen LogP contribution is -2.35. The fourth-order valence-corrected chi connectivity index (χ4v) is 2.37. The lowest BCUT2D eigenvalue weighted by Gasteiger charge is -2.30. The summed E-state index contributed by atoms with van der Waals surface area (Å²) >= 11 is 0. The monoisotopic (exact) mass is 305 g/mol. The number of hydrogen-bond acceptors (Lipinski definition) is 5. The molecule has 1 aromatic carbocycles. The molecule has 2 rings (SSSR count). The number of benzene rings is 1. The van der Waals surface area contributed by atoms with Crippen LogP contribution in [0.15, 0.2) is 18.2 Å². The number of esters is 1. The largest absolute Gasteiger partial charge is 0.486 e. The minimum atomic E-state index is -0.284. The highest BCUT2D eigenvalue weighted by atomic mass is 16.5. The van der Waals surface area contributed by atoms with Crippen molar-refractivity contribution in [3.05, 3.63) is 23.8 Å². The molecule has 1 aromatic rings. The molecule has 0 amide bonds. The fourth-order valence-electron chi connectivity index (χ4n) is 2.37. The van der Waals surface area contributed by atoms with Crippen molar-refractivity contribution < 1.29 is 19.1 Å². The van der Waals surface area contributed by atoms with E-state index in [2.05, 4.69) is 23.9 Å². The second kappa shape index (κ2) is 7.29. The fraction of sp³-hybridized carbons (Fsp3) is 0.529. The molecule has 1 heterocycles. The number of fused-ring (bicyclic) bond motifs is 1. The van der Waals surface area contributed by atoms with Gasteiger partial charge in [0.25, 0.3) is 0 Å². The molecule has 22 heavy (non-hydrogen) atoms. The first kappa shape index (κ1) is 16.3. The van der Waals surface area contributed by atoms with Gasteiger partial charge in [-0.2, -0.15) is 0 Å². The van der Waals surface area contributed by atoms with E-state index in [9.17, 15) is 9.59 Å². The minimum Gasteiger partial charge on any atom is -0.486 e. The van der Waals surface area contributed by atoms with E-state index in [0.29, 0.717) is 24.3 Å². The third kappa shape index (κ3) is 4.00. The molecule has 1 aliphatic heterocycles. The molecule has 0 aliphatic carbocycles. The molecule has 120 valence electrons. The molecular weight excluding hydrogens is 282 g/mol. The summed E-state index contributed by atoms with van der Waals surface area (Å²) in [6.45, 7) is 4.98. The summed E-state index contributed by atoms with van der Waals surface area (Å²) in [5.74, 6) is 0.962. The number of methoxy groups -OCH3 is 1. The van der Waals surface area contributed by atoms with Crippen molar-refractivity contribution in [1.82, 2.24) is 0 Å². The number of carbonyl (C=O) groups is 2. The Labute approximate surface area is 131 Å². The molecule has 1 N–H and O–H groups in total. The summed E-state index contributed by atoms with van der Waals surface area (Å²) in [5.41, 5.74) is 1.50. The first-order chi connectivity index (χ1) is 10.5. The first-order valence-corrected chi connectivity index (χ1v) is 7.66. The highest BCUT2D eigenvalue weighted by Gasteiger charge is 2.22. The zero-order valence-electron chi connectivity index (χ0n) is 13.3. The zero-order valence-corrected chi connectivity index (χ0v) is 13.3. The number of Topliss-reactive ketones (excluding diaryl/α,β-unsaturated/α-hetero) is 1. The molecular formula is C17H23NO4. The van der Waals surface area contributed by atoms with Gasteiger partial charge in [-0.25, -0.2) is 0 Å². The Kier molecular flexibility index (Phi) is 5.41. The maximum absolute atomic E-state index is 12.2. The van der Waals surface area contributed by atoms with Crippen molar-refractivity contribution in [2.45, 2.75) is 39.2 Å². The van der Waals surface area contributed by atoms with Crippen LogP contribution in [0.1, 0.15) is 43.5 Å². The van der Waals surface area contributed by atoms with Crippen LogP contribution in [0, 0.1) is 5.92 Å². The predicted molar refractivity (Wildman–Crippen MR) is 84.4 cm³/mol. The summed E-state index contributed by atoms with van der Waals surface area (Å²) in [5, 5.41) is 3.32. The topological polar surface area (TPSA) is 64.6 Å². The number of carbonyl (C=O) groups excluding carboxylic acids is 2. The van der Waals surface area contributed by atoms with E-state index < -0.39 is 0 Å². The molecule has 0 saturated carbocycles. The van der Waals surface area contributed by atoms with E-state index in [0.717, 1.165) is 18.0 Å². The van der Waals surface area contributed by atoms with Gasteiger partial charge in [0.1, 0.15) is 11.9 Å². The number of ether oxygens (including phenoxy) is 2. The van der Waals surface area contributed by atoms with E-state index in [1.54, 1.807) is 6.07 Å². The predicted octanol–water partition coefficient (Wildman–Crippen LogP) is 3.04. The minimum absolute atomic E-state index is 0.0273. The average molecular weight is 305 g/mol. The molecule has 0 saturated heterocycles. The van der Waals surface area contributed by atoms with Crippen molar-refractivity contribution in [2.75, 3.05) is 19.0 Å². The van der Waals surface area contributed by atoms with Crippen molar-refractivity contribution in [2.24, 2.45) is 5.92 Å². The van der Waals surface area contributed by atoms with Crippen LogP contribution < -0.4 is 10.1 Å². The van der Waals surface area contributed by atoms with Gasteiger partial charge in [-0.3, -0.25) is 9.59 Å². The second-order valence-corrected chi connectivity index (χ2v) is 5.85. The Morgan fingerprint density at radius 2 is 2.14 bits per heavy atom. The summed E-state index contributed by atoms with van der Waals surface area (Å²) in [7, 11) is 1.35. The molecule has 5 nitrogen and oxygen atoms in total. The molecule has 1 unspecified atom stereocenters. The van der Waals surface area contributed by atoms with Crippen LogP contribution >= 0.6 is 0 Å². The zero-order chi connectivity index (χ0) is 16.1. The molecule has 0 radical (unpaired) electrons. The lowest BCUT2D eigenvalue weighted by atomic mass is 10.0. The number of anilines is 1. The average Bonchev–Trinajstić information content (AvgIpc) is 2.53. The first-order valence-electron chi connectivity index (χ1n) is 7.66. The number of hydrogen-bond donors (Lipinski definition) is 1. The van der Waals surface area contributed by atoms with Gasteiger partial charge in [0, 0.05) is 18.4 Å². The Morgan fingerprint density at radius 3 is 2.82 bits per heavy atom. The normalized spacial score (nSPS) is 16.5. The van der Waals surface area contributed by atoms with E-state index in [-0.39, 0.29) is 24.3 Å². The summed E-state index contributed by atoms with van der Waals surface area (Å²) in [6, 6.07) is 5.44. The van der Waals surface area contributed by atoms with Gasteiger partial charge in [0.05, 0.1) is 19.3 Å². The highest BCUT2D eigenvalue weighted by molar-refractivity contribution is 5.97. The van der Waals surface area contributed by atoms with E-state index in [4.69, 9.17) is 4.74 Å². The smallest absolute Gasteiger partial charge is 0.305 e. The van der Waals surface area contributed by atoms with E-state index >= 15 is 0 Å². The molecule has 5 heteroatoms. The van der Waals surface area contributed by atoms with E-state index in [1.165, 1.54) is 7.11 Å². The number of rotatable bonds is 6. The van der Waals surface area contributed by atoms with Crippen LogP contribution in [0.25, 0.3) is 0 Å². The quantitative estimate of drug-likeness (QED) is 0.646. The molecule has 1 aliphatic rings. The van der Waals surface area contributed by atoms with Crippen LogP contribution in [-0.4, -0.2) is 31.5 Å². The van der Waals surface area contributed by atoms with Gasteiger partial charge in [-0.1, -0.05) is 13.8 Å². The Balaban J connectivity index is 1.97. The number of ketones is 1. The maximum Gasteiger partial charge on any atom is 0.305 e. The maximum atomic E-state index is 12.2.